The molecule has 5 nitrogen and oxygen atoms in total. The number of ether oxygens (including phenoxy) is 1. The minimum absolute atomic E-state index is 0.0213. The molecule has 2 aliphatic rings. The van der Waals surface area contributed by atoms with Crippen molar-refractivity contribution < 1.29 is 18.5 Å². The van der Waals surface area contributed by atoms with Gasteiger partial charge in [-0.25, -0.2) is 0 Å². The number of carbonyl (C=O) groups excluding carboxylic acids is 2. The Bertz CT molecular complexity index is 1120. The molecule has 0 N–H and O–H groups in total. The molecule has 0 radical (unpaired) electrons. The van der Waals surface area contributed by atoms with Crippen molar-refractivity contribution in [3.05, 3.63) is 69.7 Å². The summed E-state index contributed by atoms with van der Waals surface area (Å²) in [5.41, 5.74) is 0.995. The summed E-state index contributed by atoms with van der Waals surface area (Å²) < 4.78 is 18.3. The van der Waals surface area contributed by atoms with Crippen LogP contribution in [0.4, 0.5) is 0 Å². The Morgan fingerprint density at radius 1 is 1.09 bits per heavy atom. The van der Waals surface area contributed by atoms with Crippen LogP contribution in [0, 0.1) is 5.41 Å². The van der Waals surface area contributed by atoms with E-state index in [1.54, 1.807) is 0 Å². The zero-order valence-corrected chi connectivity index (χ0v) is 22.5. The van der Waals surface area contributed by atoms with Gasteiger partial charge in [-0.2, -0.15) is 0 Å². The van der Waals surface area contributed by atoms with E-state index in [-0.39, 0.29) is 48.2 Å². The molecule has 0 aromatic heterocycles. The third-order valence-electron chi connectivity index (χ3n) is 7.21. The molecule has 1 amide bonds. The number of halogens is 2. The van der Waals surface area contributed by atoms with Gasteiger partial charge in [0.05, 0.1) is 17.9 Å². The summed E-state index contributed by atoms with van der Waals surface area (Å²) >= 11 is 12.6. The highest BCUT2D eigenvalue weighted by molar-refractivity contribution is 7.85. The first-order valence-electron chi connectivity index (χ1n) is 12.0. The molecule has 2 saturated heterocycles. The summed E-state index contributed by atoms with van der Waals surface area (Å²) in [6, 6.07) is 14.7. The second-order valence-corrected chi connectivity index (χ2v) is 12.8. The van der Waals surface area contributed by atoms with Crippen LogP contribution in [0.2, 0.25) is 10.0 Å². The summed E-state index contributed by atoms with van der Waals surface area (Å²) in [7, 11) is -1.11. The molecule has 2 aromatic rings. The van der Waals surface area contributed by atoms with Gasteiger partial charge in [-0.3, -0.25) is 13.8 Å². The monoisotopic (exact) mass is 535 g/mol. The van der Waals surface area contributed by atoms with Crippen molar-refractivity contribution >= 4 is 45.9 Å². The summed E-state index contributed by atoms with van der Waals surface area (Å²) in [4.78, 5) is 28.5. The third-order valence-corrected chi connectivity index (χ3v) is 9.46. The highest BCUT2D eigenvalue weighted by Crippen LogP contribution is 2.54. The quantitative estimate of drug-likeness (QED) is 0.412. The fourth-order valence-electron chi connectivity index (χ4n) is 5.34. The number of benzene rings is 2. The Hall–Kier alpha value is -1.89. The molecular formula is C27H31Cl2NO4S. The Labute approximate surface area is 219 Å². The number of nitrogens with zero attached hydrogens (tertiary/aromatic N) is 1. The molecule has 35 heavy (non-hydrogen) atoms. The van der Waals surface area contributed by atoms with Gasteiger partial charge in [-0.1, -0.05) is 68.2 Å². The topological polar surface area (TPSA) is 63.7 Å². The Kier molecular flexibility index (Phi) is 7.94. The van der Waals surface area contributed by atoms with Crippen molar-refractivity contribution in [1.82, 2.24) is 4.90 Å². The van der Waals surface area contributed by atoms with Crippen LogP contribution < -0.4 is 0 Å². The molecule has 1 spiro atoms. The lowest BCUT2D eigenvalue weighted by atomic mass is 9.67. The fourth-order valence-corrected chi connectivity index (χ4v) is 6.82. The van der Waals surface area contributed by atoms with Gasteiger partial charge in [0.15, 0.2) is 0 Å². The van der Waals surface area contributed by atoms with Gasteiger partial charge in [0.1, 0.15) is 6.61 Å². The van der Waals surface area contributed by atoms with E-state index in [9.17, 15) is 13.8 Å². The summed E-state index contributed by atoms with van der Waals surface area (Å²) in [6.07, 6.45) is 1.16. The number of rotatable bonds is 7. The molecule has 5 atom stereocenters. The van der Waals surface area contributed by atoms with Gasteiger partial charge < -0.3 is 9.64 Å². The van der Waals surface area contributed by atoms with Gasteiger partial charge in [0, 0.05) is 43.8 Å². The van der Waals surface area contributed by atoms with Gasteiger partial charge in [-0.05, 0) is 48.2 Å². The Morgan fingerprint density at radius 3 is 2.37 bits per heavy atom. The van der Waals surface area contributed by atoms with Crippen LogP contribution >= 0.6 is 23.2 Å². The second kappa shape index (κ2) is 10.6. The van der Waals surface area contributed by atoms with Crippen LogP contribution in [0.3, 0.4) is 0 Å². The zero-order valence-electron chi connectivity index (χ0n) is 20.2. The van der Waals surface area contributed by atoms with E-state index in [2.05, 4.69) is 0 Å². The smallest absolute Gasteiger partial charge is 0.307 e. The van der Waals surface area contributed by atoms with E-state index in [1.165, 1.54) is 0 Å². The van der Waals surface area contributed by atoms with Gasteiger partial charge >= 0.3 is 5.97 Å². The molecule has 188 valence electrons. The van der Waals surface area contributed by atoms with E-state index in [4.69, 9.17) is 27.9 Å². The highest BCUT2D eigenvalue weighted by Gasteiger charge is 2.57. The Balaban J connectivity index is 1.89. The van der Waals surface area contributed by atoms with E-state index in [0.717, 1.165) is 11.1 Å². The van der Waals surface area contributed by atoms with Crippen molar-refractivity contribution in [2.45, 2.75) is 63.3 Å². The second-order valence-electron chi connectivity index (χ2n) is 9.85. The average molecular weight is 537 g/mol. The van der Waals surface area contributed by atoms with Crippen molar-refractivity contribution in [2.24, 2.45) is 5.41 Å². The van der Waals surface area contributed by atoms with Crippen LogP contribution in [0.5, 0.6) is 0 Å². The van der Waals surface area contributed by atoms with Crippen molar-refractivity contribution in [3.63, 3.8) is 0 Å². The average Bonchev–Trinajstić information content (AvgIpc) is 3.20. The summed E-state index contributed by atoms with van der Waals surface area (Å²) in [5.74, 6) is -0.221. The number of piperidine rings is 1. The standard InChI is InChI=1S/C27H31Cl2NO4S/c1-4-22(15-35(33)17(2)3)30-25(18-8-10-20(28)11-9-18)23(19-6-5-7-21(29)12-19)13-27(26(30)32)14-24(31)34-16-27/h5-12,17,22-23,25H,4,13-16H2,1-3H3. The summed E-state index contributed by atoms with van der Waals surface area (Å²) in [6.45, 7) is 5.93. The molecule has 2 aliphatic heterocycles. The van der Waals surface area contributed by atoms with Crippen molar-refractivity contribution in [3.8, 4) is 0 Å². The number of hydrogen-bond acceptors (Lipinski definition) is 4. The molecule has 4 rings (SSSR count). The third kappa shape index (κ3) is 5.30. The molecule has 2 heterocycles. The number of carbonyl (C=O) groups is 2. The van der Waals surface area contributed by atoms with E-state index >= 15 is 0 Å². The SMILES string of the molecule is CCC(CS(=O)C(C)C)N1C(=O)C2(COC(=O)C2)CC(c2cccc(Cl)c2)C1c1ccc(Cl)cc1. The van der Waals surface area contributed by atoms with Crippen LogP contribution in [-0.4, -0.2) is 44.6 Å². The first kappa shape index (κ1) is 26.2. The molecule has 2 aromatic carbocycles. The molecular weight excluding hydrogens is 505 g/mol. The molecule has 0 saturated carbocycles. The highest BCUT2D eigenvalue weighted by atomic mass is 35.5. The number of likely N-dealkylation sites (tertiary alicyclic amines) is 1. The lowest BCUT2D eigenvalue weighted by molar-refractivity contribution is -0.155. The summed E-state index contributed by atoms with van der Waals surface area (Å²) in [5, 5.41) is 1.20. The largest absolute Gasteiger partial charge is 0.464 e. The normalized spacial score (nSPS) is 26.3. The Morgan fingerprint density at radius 2 is 1.80 bits per heavy atom. The fraction of sp³-hybridized carbons (Fsp3) is 0.481. The van der Waals surface area contributed by atoms with Crippen LogP contribution in [0.15, 0.2) is 48.5 Å². The minimum Gasteiger partial charge on any atom is -0.464 e. The predicted octanol–water partition coefficient (Wildman–Crippen LogP) is 5.92. The molecule has 8 heteroatoms. The van der Waals surface area contributed by atoms with E-state index in [0.29, 0.717) is 28.6 Å². The van der Waals surface area contributed by atoms with Crippen LogP contribution in [-0.2, 0) is 25.1 Å². The number of esters is 1. The number of hydrogen-bond donors (Lipinski definition) is 0. The van der Waals surface area contributed by atoms with E-state index in [1.807, 2.05) is 74.2 Å². The molecule has 0 bridgehead atoms. The number of amides is 1. The maximum Gasteiger partial charge on any atom is 0.307 e. The van der Waals surface area contributed by atoms with E-state index < -0.39 is 16.2 Å². The van der Waals surface area contributed by atoms with Crippen molar-refractivity contribution in [1.29, 1.82) is 0 Å². The molecule has 2 fully saturated rings. The molecule has 0 aliphatic carbocycles. The first-order chi connectivity index (χ1) is 16.6. The van der Waals surface area contributed by atoms with Gasteiger partial charge in [0.2, 0.25) is 5.91 Å². The minimum atomic E-state index is -1.11. The molecule has 5 unspecified atom stereocenters. The predicted molar refractivity (Wildman–Crippen MR) is 140 cm³/mol. The van der Waals surface area contributed by atoms with Gasteiger partial charge in [0.25, 0.3) is 0 Å². The number of cyclic esters (lactones) is 1. The van der Waals surface area contributed by atoms with Crippen LogP contribution in [0.1, 0.15) is 63.1 Å². The maximum atomic E-state index is 14.3. The first-order valence-corrected chi connectivity index (χ1v) is 14.2. The maximum absolute atomic E-state index is 14.3. The zero-order chi connectivity index (χ0) is 25.3. The lowest BCUT2D eigenvalue weighted by Crippen LogP contribution is -2.58. The van der Waals surface area contributed by atoms with Crippen molar-refractivity contribution in [2.75, 3.05) is 12.4 Å². The van der Waals surface area contributed by atoms with Gasteiger partial charge in [-0.15, -0.1) is 0 Å². The lowest BCUT2D eigenvalue weighted by Gasteiger charge is -2.51. The van der Waals surface area contributed by atoms with Crippen LogP contribution in [0.25, 0.3) is 0 Å².